The molecule has 0 aromatic rings. The van der Waals surface area contributed by atoms with Gasteiger partial charge in [-0.3, -0.25) is 0 Å². The molecule has 0 saturated heterocycles. The highest BCUT2D eigenvalue weighted by Crippen LogP contribution is 2.42. The fourth-order valence-electron chi connectivity index (χ4n) is 3.37. The first-order valence-electron chi connectivity index (χ1n) is 6.59. The molecule has 90 valence electrons. The standard InChI is InChI=1S/C14H22O2/c1-2-13(15)16-14-9-5-3-4-7-12(11-14)8-6-10-14/h2,12H,1,3-11H2. The summed E-state index contributed by atoms with van der Waals surface area (Å²) in [5.41, 5.74) is -0.144. The lowest BCUT2D eigenvalue weighted by Gasteiger charge is -2.41. The summed E-state index contributed by atoms with van der Waals surface area (Å²) in [5, 5.41) is 0. The van der Waals surface area contributed by atoms with Crippen LogP contribution in [0.4, 0.5) is 0 Å². The van der Waals surface area contributed by atoms with Crippen LogP contribution in [0.2, 0.25) is 0 Å². The Morgan fingerprint density at radius 1 is 1.19 bits per heavy atom. The number of rotatable bonds is 2. The van der Waals surface area contributed by atoms with Crippen LogP contribution in [0, 0.1) is 5.92 Å². The van der Waals surface area contributed by atoms with Gasteiger partial charge in [0.1, 0.15) is 5.60 Å². The normalized spacial score (nSPS) is 34.6. The van der Waals surface area contributed by atoms with E-state index in [4.69, 9.17) is 4.74 Å². The van der Waals surface area contributed by atoms with Crippen molar-refractivity contribution in [2.45, 2.75) is 63.4 Å². The predicted molar refractivity (Wildman–Crippen MR) is 64.1 cm³/mol. The highest BCUT2D eigenvalue weighted by molar-refractivity contribution is 5.81. The molecule has 0 spiro atoms. The third kappa shape index (κ3) is 2.66. The number of hydrogen-bond donors (Lipinski definition) is 0. The molecule has 2 heteroatoms. The van der Waals surface area contributed by atoms with Crippen LogP contribution in [0.25, 0.3) is 0 Å². The van der Waals surface area contributed by atoms with E-state index in [1.54, 1.807) is 0 Å². The SMILES string of the molecule is C=CC(=O)OC12CCCCCC(CCC1)C2. The summed E-state index contributed by atoms with van der Waals surface area (Å²) < 4.78 is 5.68. The first-order chi connectivity index (χ1) is 7.74. The van der Waals surface area contributed by atoms with E-state index in [0.29, 0.717) is 0 Å². The number of ether oxygens (including phenoxy) is 1. The van der Waals surface area contributed by atoms with Crippen LogP contribution in [-0.2, 0) is 9.53 Å². The van der Waals surface area contributed by atoms with Gasteiger partial charge in [0.2, 0.25) is 0 Å². The molecule has 16 heavy (non-hydrogen) atoms. The summed E-state index contributed by atoms with van der Waals surface area (Å²) in [6.45, 7) is 3.50. The van der Waals surface area contributed by atoms with Crippen molar-refractivity contribution in [1.29, 1.82) is 0 Å². The molecule has 0 N–H and O–H groups in total. The molecular formula is C14H22O2. The van der Waals surface area contributed by atoms with Crippen molar-refractivity contribution in [3.05, 3.63) is 12.7 Å². The quantitative estimate of drug-likeness (QED) is 0.527. The summed E-state index contributed by atoms with van der Waals surface area (Å²) in [6.07, 6.45) is 12.2. The first kappa shape index (κ1) is 11.7. The molecule has 2 rings (SSSR count). The predicted octanol–water partition coefficient (Wildman–Crippen LogP) is 3.61. The van der Waals surface area contributed by atoms with Crippen LogP contribution in [0.15, 0.2) is 12.7 Å². The molecule has 2 aliphatic carbocycles. The minimum absolute atomic E-state index is 0.144. The van der Waals surface area contributed by atoms with Crippen molar-refractivity contribution in [1.82, 2.24) is 0 Å². The average molecular weight is 222 g/mol. The largest absolute Gasteiger partial charge is 0.456 e. The maximum Gasteiger partial charge on any atom is 0.330 e. The van der Waals surface area contributed by atoms with Crippen LogP contribution in [-0.4, -0.2) is 11.6 Å². The highest BCUT2D eigenvalue weighted by atomic mass is 16.6. The Morgan fingerprint density at radius 3 is 2.75 bits per heavy atom. The van der Waals surface area contributed by atoms with Gasteiger partial charge in [-0.1, -0.05) is 32.3 Å². The molecule has 2 saturated carbocycles. The Morgan fingerprint density at radius 2 is 1.94 bits per heavy atom. The van der Waals surface area contributed by atoms with Crippen molar-refractivity contribution in [3.63, 3.8) is 0 Å². The van der Waals surface area contributed by atoms with Gasteiger partial charge < -0.3 is 4.74 Å². The Balaban J connectivity index is 2.07. The summed E-state index contributed by atoms with van der Waals surface area (Å²) in [6, 6.07) is 0. The van der Waals surface area contributed by atoms with Crippen molar-refractivity contribution in [3.8, 4) is 0 Å². The third-order valence-electron chi connectivity index (χ3n) is 4.13. The van der Waals surface area contributed by atoms with Crippen LogP contribution >= 0.6 is 0 Å². The highest BCUT2D eigenvalue weighted by Gasteiger charge is 2.39. The van der Waals surface area contributed by atoms with Crippen LogP contribution in [0.3, 0.4) is 0 Å². The maximum absolute atomic E-state index is 11.4. The van der Waals surface area contributed by atoms with Gasteiger partial charge in [0, 0.05) is 6.08 Å². The Hall–Kier alpha value is -0.790. The van der Waals surface area contributed by atoms with Gasteiger partial charge in [-0.25, -0.2) is 4.79 Å². The number of hydrogen-bond acceptors (Lipinski definition) is 2. The van der Waals surface area contributed by atoms with E-state index in [-0.39, 0.29) is 11.6 Å². The lowest BCUT2D eigenvalue weighted by Crippen LogP contribution is -2.40. The zero-order valence-electron chi connectivity index (χ0n) is 10.0. The molecule has 0 aliphatic heterocycles. The van der Waals surface area contributed by atoms with Gasteiger partial charge in [0.05, 0.1) is 0 Å². The van der Waals surface area contributed by atoms with E-state index in [0.717, 1.165) is 25.2 Å². The molecule has 0 radical (unpaired) electrons. The smallest absolute Gasteiger partial charge is 0.330 e. The van der Waals surface area contributed by atoms with Crippen molar-refractivity contribution in [2.24, 2.45) is 5.92 Å². The summed E-state index contributed by atoms with van der Waals surface area (Å²) in [4.78, 5) is 11.4. The van der Waals surface area contributed by atoms with Gasteiger partial charge in [0.25, 0.3) is 0 Å². The van der Waals surface area contributed by atoms with Gasteiger partial charge >= 0.3 is 5.97 Å². The van der Waals surface area contributed by atoms with E-state index in [1.165, 1.54) is 44.6 Å². The number of carbonyl (C=O) groups is 1. The van der Waals surface area contributed by atoms with Gasteiger partial charge in [-0.05, 0) is 38.0 Å². The minimum Gasteiger partial charge on any atom is -0.456 e. The number of esters is 1. The molecule has 2 bridgehead atoms. The van der Waals surface area contributed by atoms with Crippen LogP contribution in [0.5, 0.6) is 0 Å². The fourth-order valence-corrected chi connectivity index (χ4v) is 3.37. The molecule has 2 unspecified atom stereocenters. The molecule has 2 fully saturated rings. The Bertz CT molecular complexity index is 272. The second kappa shape index (κ2) is 5.03. The molecule has 0 aromatic carbocycles. The Kier molecular flexibility index (Phi) is 3.67. The molecule has 2 atom stereocenters. The van der Waals surface area contributed by atoms with E-state index in [2.05, 4.69) is 6.58 Å². The second-order valence-corrected chi connectivity index (χ2v) is 5.37. The molecular weight excluding hydrogens is 200 g/mol. The lowest BCUT2D eigenvalue weighted by atomic mass is 9.72. The van der Waals surface area contributed by atoms with E-state index in [1.807, 2.05) is 0 Å². The molecule has 0 amide bonds. The van der Waals surface area contributed by atoms with Gasteiger partial charge in [-0.2, -0.15) is 0 Å². The summed E-state index contributed by atoms with van der Waals surface area (Å²) in [7, 11) is 0. The van der Waals surface area contributed by atoms with Gasteiger partial charge in [-0.15, -0.1) is 0 Å². The zero-order valence-corrected chi connectivity index (χ0v) is 10.0. The number of carbonyl (C=O) groups excluding carboxylic acids is 1. The van der Waals surface area contributed by atoms with Gasteiger partial charge in [0.15, 0.2) is 0 Å². The molecule has 2 aliphatic rings. The van der Waals surface area contributed by atoms with Crippen molar-refractivity contribution in [2.75, 3.05) is 0 Å². The molecule has 0 heterocycles. The summed E-state index contributed by atoms with van der Waals surface area (Å²) >= 11 is 0. The zero-order chi connectivity index (χ0) is 11.4. The van der Waals surface area contributed by atoms with Crippen molar-refractivity contribution < 1.29 is 9.53 Å². The lowest BCUT2D eigenvalue weighted by molar-refractivity contribution is -0.161. The average Bonchev–Trinajstić information content (AvgIpc) is 2.27. The first-order valence-corrected chi connectivity index (χ1v) is 6.59. The third-order valence-corrected chi connectivity index (χ3v) is 4.13. The maximum atomic E-state index is 11.4. The minimum atomic E-state index is -0.235. The Labute approximate surface area is 98.1 Å². The van der Waals surface area contributed by atoms with Crippen LogP contribution < -0.4 is 0 Å². The van der Waals surface area contributed by atoms with E-state index in [9.17, 15) is 4.79 Å². The summed E-state index contributed by atoms with van der Waals surface area (Å²) in [5.74, 6) is 0.549. The van der Waals surface area contributed by atoms with E-state index >= 15 is 0 Å². The number of fused-ring (bicyclic) bond motifs is 2. The molecule has 0 aromatic heterocycles. The molecule has 2 nitrogen and oxygen atoms in total. The monoisotopic (exact) mass is 222 g/mol. The fraction of sp³-hybridized carbons (Fsp3) is 0.786. The second-order valence-electron chi connectivity index (χ2n) is 5.37. The van der Waals surface area contributed by atoms with E-state index < -0.39 is 0 Å². The van der Waals surface area contributed by atoms with Crippen molar-refractivity contribution >= 4 is 5.97 Å². The van der Waals surface area contributed by atoms with Crippen LogP contribution in [0.1, 0.15) is 57.8 Å². The topological polar surface area (TPSA) is 26.3 Å².